The van der Waals surface area contributed by atoms with Gasteiger partial charge in [-0.2, -0.15) is 0 Å². The largest absolute Gasteiger partial charge is 0.494 e. The second-order valence-corrected chi connectivity index (χ2v) is 6.82. The predicted octanol–water partition coefficient (Wildman–Crippen LogP) is 3.87. The van der Waals surface area contributed by atoms with E-state index in [4.69, 9.17) is 4.74 Å². The van der Waals surface area contributed by atoms with Gasteiger partial charge in [0.05, 0.1) is 13.2 Å². The molecule has 0 bridgehead atoms. The Hall–Kier alpha value is -1.05. The zero-order valence-electron chi connectivity index (χ0n) is 14.6. The minimum atomic E-state index is -0.340. The Morgan fingerprint density at radius 1 is 1.42 bits per heavy atom. The van der Waals surface area contributed by atoms with Gasteiger partial charge in [-0.3, -0.25) is 4.99 Å². The third-order valence-electron chi connectivity index (χ3n) is 5.20. The van der Waals surface area contributed by atoms with Gasteiger partial charge in [-0.15, -0.1) is 24.0 Å². The fourth-order valence-electron chi connectivity index (χ4n) is 3.28. The Morgan fingerprint density at radius 2 is 2.12 bits per heavy atom. The molecule has 3 rings (SSSR count). The fraction of sp³-hybridized carbons (Fsp3) is 0.611. The number of benzene rings is 1. The van der Waals surface area contributed by atoms with E-state index in [0.717, 1.165) is 24.0 Å². The normalized spacial score (nSPS) is 19.9. The Morgan fingerprint density at radius 3 is 2.62 bits per heavy atom. The van der Waals surface area contributed by atoms with Crippen LogP contribution in [0.25, 0.3) is 0 Å². The van der Waals surface area contributed by atoms with Crippen molar-refractivity contribution in [2.24, 2.45) is 16.3 Å². The molecule has 0 radical (unpaired) electrons. The van der Waals surface area contributed by atoms with Crippen LogP contribution in [0.4, 0.5) is 4.39 Å². The monoisotopic (exact) mass is 447 g/mol. The lowest BCUT2D eigenvalue weighted by Crippen LogP contribution is -2.41. The standard InChI is InChI=1S/C18H26FN3O.HI/c1-12(13-4-7-16(23-3)15(19)10-13)22-17(20-2)21-11-18(8-9-18)14-5-6-14;/h4,7,10,12,14H,5-6,8-9,11H2,1-3H3,(H2,20,21,22);1H. The molecule has 1 aromatic carbocycles. The molecule has 2 aliphatic rings. The van der Waals surface area contributed by atoms with Crippen LogP contribution in [0, 0.1) is 17.2 Å². The lowest BCUT2D eigenvalue weighted by atomic mass is 10.0. The maximum Gasteiger partial charge on any atom is 0.191 e. The Kier molecular flexibility index (Phi) is 6.33. The molecule has 2 N–H and O–H groups in total. The summed E-state index contributed by atoms with van der Waals surface area (Å²) < 4.78 is 18.8. The zero-order chi connectivity index (χ0) is 16.4. The van der Waals surface area contributed by atoms with Crippen LogP contribution in [0.3, 0.4) is 0 Å². The molecule has 0 saturated heterocycles. The number of aliphatic imine (C=N–C) groups is 1. The van der Waals surface area contributed by atoms with Crippen LogP contribution < -0.4 is 15.4 Å². The van der Waals surface area contributed by atoms with Crippen molar-refractivity contribution in [3.05, 3.63) is 29.6 Å². The molecular weight excluding hydrogens is 420 g/mol. The van der Waals surface area contributed by atoms with Crippen LogP contribution >= 0.6 is 24.0 Å². The van der Waals surface area contributed by atoms with Crippen molar-refractivity contribution in [2.75, 3.05) is 20.7 Å². The van der Waals surface area contributed by atoms with Gasteiger partial charge in [-0.25, -0.2) is 4.39 Å². The van der Waals surface area contributed by atoms with Gasteiger partial charge in [0.2, 0.25) is 0 Å². The summed E-state index contributed by atoms with van der Waals surface area (Å²) in [6, 6.07) is 5.01. The maximum absolute atomic E-state index is 13.8. The molecule has 1 unspecified atom stereocenters. The van der Waals surface area contributed by atoms with E-state index in [0.29, 0.717) is 5.41 Å². The minimum Gasteiger partial charge on any atom is -0.494 e. The van der Waals surface area contributed by atoms with Crippen LogP contribution in [0.15, 0.2) is 23.2 Å². The highest BCUT2D eigenvalue weighted by Crippen LogP contribution is 2.60. The van der Waals surface area contributed by atoms with Gasteiger partial charge < -0.3 is 15.4 Å². The van der Waals surface area contributed by atoms with Crippen LogP contribution in [0.2, 0.25) is 0 Å². The van der Waals surface area contributed by atoms with E-state index in [1.807, 2.05) is 13.0 Å². The van der Waals surface area contributed by atoms with E-state index in [9.17, 15) is 4.39 Å². The van der Waals surface area contributed by atoms with Gasteiger partial charge in [0, 0.05) is 13.6 Å². The van der Waals surface area contributed by atoms with Crippen LogP contribution in [0.1, 0.15) is 44.2 Å². The molecule has 2 aliphatic carbocycles. The molecule has 2 fully saturated rings. The second-order valence-electron chi connectivity index (χ2n) is 6.82. The number of nitrogens with one attached hydrogen (secondary N) is 2. The van der Waals surface area contributed by atoms with Crippen LogP contribution in [-0.4, -0.2) is 26.7 Å². The summed E-state index contributed by atoms with van der Waals surface area (Å²) in [7, 11) is 3.24. The topological polar surface area (TPSA) is 45.7 Å². The van der Waals surface area contributed by atoms with Crippen molar-refractivity contribution in [3.8, 4) is 5.75 Å². The van der Waals surface area contributed by atoms with Crippen molar-refractivity contribution >= 4 is 29.9 Å². The van der Waals surface area contributed by atoms with Gasteiger partial charge in [-0.1, -0.05) is 6.07 Å². The number of guanidine groups is 1. The molecule has 2 saturated carbocycles. The van der Waals surface area contributed by atoms with Crippen molar-refractivity contribution in [3.63, 3.8) is 0 Å². The lowest BCUT2D eigenvalue weighted by Gasteiger charge is -2.21. The molecule has 134 valence electrons. The zero-order valence-corrected chi connectivity index (χ0v) is 16.9. The lowest BCUT2D eigenvalue weighted by molar-refractivity contribution is 0.386. The highest BCUT2D eigenvalue weighted by molar-refractivity contribution is 14.0. The van der Waals surface area contributed by atoms with Crippen molar-refractivity contribution in [1.29, 1.82) is 0 Å². The molecule has 0 aliphatic heterocycles. The first-order valence-electron chi connectivity index (χ1n) is 8.38. The van der Waals surface area contributed by atoms with E-state index in [-0.39, 0.29) is 41.6 Å². The third kappa shape index (κ3) is 4.32. The minimum absolute atomic E-state index is 0. The second kappa shape index (κ2) is 7.89. The predicted molar refractivity (Wildman–Crippen MR) is 106 cm³/mol. The summed E-state index contributed by atoms with van der Waals surface area (Å²) in [5.41, 5.74) is 1.39. The van der Waals surface area contributed by atoms with Crippen molar-refractivity contribution in [2.45, 2.75) is 38.6 Å². The van der Waals surface area contributed by atoms with E-state index in [1.54, 1.807) is 13.1 Å². The first kappa shape index (κ1) is 19.3. The maximum atomic E-state index is 13.8. The molecule has 6 heteroatoms. The quantitative estimate of drug-likeness (QED) is 0.396. The number of rotatable bonds is 6. The van der Waals surface area contributed by atoms with E-state index in [2.05, 4.69) is 15.6 Å². The van der Waals surface area contributed by atoms with Gasteiger partial charge in [0.1, 0.15) is 0 Å². The summed E-state index contributed by atoms with van der Waals surface area (Å²) in [6.07, 6.45) is 5.44. The van der Waals surface area contributed by atoms with Crippen molar-refractivity contribution < 1.29 is 9.13 Å². The number of halogens is 2. The Labute approximate surface area is 160 Å². The number of ether oxygens (including phenoxy) is 1. The van der Waals surface area contributed by atoms with Crippen LogP contribution in [-0.2, 0) is 0 Å². The van der Waals surface area contributed by atoms with Gasteiger partial charge >= 0.3 is 0 Å². The van der Waals surface area contributed by atoms with Gasteiger partial charge in [-0.05, 0) is 61.6 Å². The summed E-state index contributed by atoms with van der Waals surface area (Å²) in [5.74, 6) is 1.62. The van der Waals surface area contributed by atoms with Gasteiger partial charge in [0.25, 0.3) is 0 Å². The summed E-state index contributed by atoms with van der Waals surface area (Å²) >= 11 is 0. The van der Waals surface area contributed by atoms with E-state index >= 15 is 0 Å². The number of methoxy groups -OCH3 is 1. The molecule has 0 aromatic heterocycles. The van der Waals surface area contributed by atoms with Gasteiger partial charge in [0.15, 0.2) is 17.5 Å². The first-order chi connectivity index (χ1) is 11.1. The smallest absolute Gasteiger partial charge is 0.191 e. The molecule has 1 aromatic rings. The number of hydrogen-bond acceptors (Lipinski definition) is 2. The third-order valence-corrected chi connectivity index (χ3v) is 5.20. The molecule has 0 spiro atoms. The first-order valence-corrected chi connectivity index (χ1v) is 8.38. The average molecular weight is 447 g/mol. The Bertz CT molecular complexity index is 600. The van der Waals surface area contributed by atoms with E-state index < -0.39 is 0 Å². The summed E-state index contributed by atoms with van der Waals surface area (Å²) in [4.78, 5) is 4.30. The van der Waals surface area contributed by atoms with Crippen molar-refractivity contribution in [1.82, 2.24) is 10.6 Å². The number of nitrogens with zero attached hydrogens (tertiary/aromatic N) is 1. The molecule has 24 heavy (non-hydrogen) atoms. The van der Waals surface area contributed by atoms with E-state index in [1.165, 1.54) is 38.9 Å². The molecule has 0 heterocycles. The SMILES string of the molecule is CN=C(NCC1(C2CC2)CC1)NC(C)c1ccc(OC)c(F)c1.I. The average Bonchev–Trinajstić information content (AvgIpc) is 3.43. The summed E-state index contributed by atoms with van der Waals surface area (Å²) in [5, 5.41) is 6.79. The Balaban J connectivity index is 0.00000208. The van der Waals surface area contributed by atoms with Crippen LogP contribution in [0.5, 0.6) is 5.75 Å². The highest BCUT2D eigenvalue weighted by atomic mass is 127. The molecular formula is C18H27FIN3O. The molecule has 0 amide bonds. The molecule has 4 nitrogen and oxygen atoms in total. The highest BCUT2D eigenvalue weighted by Gasteiger charge is 2.53. The summed E-state index contributed by atoms with van der Waals surface area (Å²) in [6.45, 7) is 2.99. The number of hydrogen-bond donors (Lipinski definition) is 2. The fourth-order valence-corrected chi connectivity index (χ4v) is 3.28. The molecule has 1 atom stereocenters.